The van der Waals surface area contributed by atoms with Crippen LogP contribution in [0.5, 0.6) is 5.75 Å². The summed E-state index contributed by atoms with van der Waals surface area (Å²) in [5.74, 6) is 0.932. The van der Waals surface area contributed by atoms with Crippen molar-refractivity contribution in [3.8, 4) is 5.75 Å². The van der Waals surface area contributed by atoms with E-state index in [0.29, 0.717) is 19.1 Å². The number of ether oxygens (including phenoxy) is 1. The standard InChI is InChI=1S/C17H22N2O2/c1-3-12(2)19-9-8-13(18-19)10-16(20)15-11-21-17-7-5-4-6-14(15)17/h4-9,12,15-16,20H,3,10-11H2,1-2H3. The first kappa shape index (κ1) is 14.1. The highest BCUT2D eigenvalue weighted by atomic mass is 16.5. The van der Waals surface area contributed by atoms with E-state index in [1.54, 1.807) is 0 Å². The number of aliphatic hydroxyl groups is 1. The lowest BCUT2D eigenvalue weighted by Gasteiger charge is -2.16. The Labute approximate surface area is 125 Å². The molecule has 0 amide bonds. The normalized spacial score (nSPS) is 19.9. The summed E-state index contributed by atoms with van der Waals surface area (Å²) >= 11 is 0. The average Bonchev–Trinajstić information content (AvgIpc) is 3.12. The lowest BCUT2D eigenvalue weighted by Crippen LogP contribution is -2.22. The van der Waals surface area contributed by atoms with Crippen LogP contribution in [-0.4, -0.2) is 27.6 Å². The molecule has 21 heavy (non-hydrogen) atoms. The van der Waals surface area contributed by atoms with Crippen molar-refractivity contribution in [2.45, 2.75) is 44.8 Å². The van der Waals surface area contributed by atoms with Gasteiger partial charge in [0, 0.05) is 30.1 Å². The first-order chi connectivity index (χ1) is 10.2. The SMILES string of the molecule is CCC(C)n1ccc(CC(O)C2COc3ccccc32)n1. The third-order valence-corrected chi connectivity index (χ3v) is 4.33. The molecule has 1 N–H and O–H groups in total. The predicted molar refractivity (Wildman–Crippen MR) is 81.6 cm³/mol. The minimum atomic E-state index is -0.464. The van der Waals surface area contributed by atoms with E-state index in [2.05, 4.69) is 18.9 Å². The summed E-state index contributed by atoms with van der Waals surface area (Å²) in [5, 5.41) is 15.1. The van der Waals surface area contributed by atoms with Crippen LogP contribution in [0.4, 0.5) is 0 Å². The zero-order valence-electron chi connectivity index (χ0n) is 12.6. The van der Waals surface area contributed by atoms with Crippen molar-refractivity contribution < 1.29 is 9.84 Å². The molecule has 0 spiro atoms. The van der Waals surface area contributed by atoms with Crippen molar-refractivity contribution in [3.63, 3.8) is 0 Å². The number of hydrogen-bond donors (Lipinski definition) is 1. The number of aliphatic hydroxyl groups excluding tert-OH is 1. The van der Waals surface area contributed by atoms with Gasteiger partial charge in [0.15, 0.2) is 0 Å². The summed E-state index contributed by atoms with van der Waals surface area (Å²) in [6.45, 7) is 4.84. The molecule has 0 fully saturated rings. The summed E-state index contributed by atoms with van der Waals surface area (Å²) in [6, 6.07) is 10.3. The van der Waals surface area contributed by atoms with E-state index < -0.39 is 6.10 Å². The highest BCUT2D eigenvalue weighted by molar-refractivity contribution is 5.40. The maximum atomic E-state index is 10.5. The maximum Gasteiger partial charge on any atom is 0.123 e. The molecule has 1 aromatic heterocycles. The Morgan fingerprint density at radius 2 is 2.19 bits per heavy atom. The van der Waals surface area contributed by atoms with Crippen molar-refractivity contribution in [2.24, 2.45) is 0 Å². The van der Waals surface area contributed by atoms with Crippen LogP contribution < -0.4 is 4.74 Å². The van der Waals surface area contributed by atoms with Crippen molar-refractivity contribution in [2.75, 3.05) is 6.61 Å². The Kier molecular flexibility index (Phi) is 3.97. The van der Waals surface area contributed by atoms with Crippen molar-refractivity contribution >= 4 is 0 Å². The average molecular weight is 286 g/mol. The highest BCUT2D eigenvalue weighted by Crippen LogP contribution is 2.36. The van der Waals surface area contributed by atoms with Crippen LogP contribution in [0, 0.1) is 0 Å². The molecule has 3 unspecified atom stereocenters. The smallest absolute Gasteiger partial charge is 0.123 e. The van der Waals surface area contributed by atoms with E-state index in [4.69, 9.17) is 4.74 Å². The van der Waals surface area contributed by atoms with Gasteiger partial charge in [-0.15, -0.1) is 0 Å². The first-order valence-electron chi connectivity index (χ1n) is 7.63. The summed E-state index contributed by atoms with van der Waals surface area (Å²) < 4.78 is 7.62. The molecule has 0 radical (unpaired) electrons. The van der Waals surface area contributed by atoms with Crippen LogP contribution in [0.1, 0.15) is 43.5 Å². The molecule has 2 heterocycles. The second-order valence-electron chi connectivity index (χ2n) is 5.77. The number of rotatable bonds is 5. The molecular formula is C17H22N2O2. The quantitative estimate of drug-likeness (QED) is 0.919. The molecule has 0 saturated heterocycles. The van der Waals surface area contributed by atoms with E-state index in [0.717, 1.165) is 23.4 Å². The molecule has 1 aromatic carbocycles. The summed E-state index contributed by atoms with van der Waals surface area (Å²) in [7, 11) is 0. The molecule has 1 aliphatic rings. The molecule has 4 heteroatoms. The fourth-order valence-electron chi connectivity index (χ4n) is 2.78. The topological polar surface area (TPSA) is 47.3 Å². The predicted octanol–water partition coefficient (Wildman–Crippen LogP) is 2.93. The second kappa shape index (κ2) is 5.90. The van der Waals surface area contributed by atoms with Crippen LogP contribution in [0.2, 0.25) is 0 Å². The van der Waals surface area contributed by atoms with E-state index in [-0.39, 0.29) is 5.92 Å². The van der Waals surface area contributed by atoms with Gasteiger partial charge in [-0.25, -0.2) is 0 Å². The van der Waals surface area contributed by atoms with Gasteiger partial charge in [0.1, 0.15) is 5.75 Å². The van der Waals surface area contributed by atoms with Crippen molar-refractivity contribution in [3.05, 3.63) is 47.8 Å². The monoisotopic (exact) mass is 286 g/mol. The van der Waals surface area contributed by atoms with Gasteiger partial charge in [0.05, 0.1) is 18.4 Å². The number of fused-ring (bicyclic) bond motifs is 1. The number of aromatic nitrogens is 2. The molecule has 4 nitrogen and oxygen atoms in total. The van der Waals surface area contributed by atoms with E-state index in [9.17, 15) is 5.11 Å². The van der Waals surface area contributed by atoms with Gasteiger partial charge >= 0.3 is 0 Å². The van der Waals surface area contributed by atoms with Crippen LogP contribution in [0.3, 0.4) is 0 Å². The summed E-state index contributed by atoms with van der Waals surface area (Å²) in [4.78, 5) is 0. The van der Waals surface area contributed by atoms with E-state index in [1.807, 2.05) is 41.2 Å². The summed E-state index contributed by atoms with van der Waals surface area (Å²) in [5.41, 5.74) is 2.04. The molecular weight excluding hydrogens is 264 g/mol. The van der Waals surface area contributed by atoms with Gasteiger partial charge in [0.2, 0.25) is 0 Å². The molecule has 0 saturated carbocycles. The molecule has 112 valence electrons. The Hall–Kier alpha value is -1.81. The Morgan fingerprint density at radius 1 is 1.38 bits per heavy atom. The van der Waals surface area contributed by atoms with Crippen LogP contribution in [-0.2, 0) is 6.42 Å². The number of para-hydroxylation sites is 1. The molecule has 1 aliphatic heterocycles. The number of hydrogen-bond acceptors (Lipinski definition) is 3. The highest BCUT2D eigenvalue weighted by Gasteiger charge is 2.30. The fourth-order valence-corrected chi connectivity index (χ4v) is 2.78. The minimum Gasteiger partial charge on any atom is -0.493 e. The third kappa shape index (κ3) is 2.81. The van der Waals surface area contributed by atoms with E-state index in [1.165, 1.54) is 0 Å². The molecule has 3 atom stereocenters. The van der Waals surface area contributed by atoms with Gasteiger partial charge in [-0.1, -0.05) is 25.1 Å². The van der Waals surface area contributed by atoms with Crippen LogP contribution >= 0.6 is 0 Å². The maximum absolute atomic E-state index is 10.5. The Balaban J connectivity index is 1.70. The number of nitrogens with zero attached hydrogens (tertiary/aromatic N) is 2. The lowest BCUT2D eigenvalue weighted by molar-refractivity contribution is 0.128. The minimum absolute atomic E-state index is 0.0370. The number of benzene rings is 1. The van der Waals surface area contributed by atoms with Crippen LogP contribution in [0.15, 0.2) is 36.5 Å². The lowest BCUT2D eigenvalue weighted by atomic mass is 9.93. The molecule has 0 bridgehead atoms. The zero-order chi connectivity index (χ0) is 14.8. The van der Waals surface area contributed by atoms with Gasteiger partial charge in [-0.2, -0.15) is 5.10 Å². The van der Waals surface area contributed by atoms with Gasteiger partial charge in [0.25, 0.3) is 0 Å². The van der Waals surface area contributed by atoms with Crippen LogP contribution in [0.25, 0.3) is 0 Å². The van der Waals surface area contributed by atoms with Gasteiger partial charge < -0.3 is 9.84 Å². The zero-order valence-corrected chi connectivity index (χ0v) is 12.6. The summed E-state index contributed by atoms with van der Waals surface area (Å²) in [6.07, 6.45) is 3.14. The fraction of sp³-hybridized carbons (Fsp3) is 0.471. The van der Waals surface area contributed by atoms with Crippen molar-refractivity contribution in [1.29, 1.82) is 0 Å². The van der Waals surface area contributed by atoms with Gasteiger partial charge in [-0.3, -0.25) is 4.68 Å². The first-order valence-corrected chi connectivity index (χ1v) is 7.63. The molecule has 0 aliphatic carbocycles. The van der Waals surface area contributed by atoms with Gasteiger partial charge in [-0.05, 0) is 25.5 Å². The third-order valence-electron chi connectivity index (χ3n) is 4.33. The Morgan fingerprint density at radius 3 is 3.00 bits per heavy atom. The second-order valence-corrected chi connectivity index (χ2v) is 5.77. The largest absolute Gasteiger partial charge is 0.493 e. The van der Waals surface area contributed by atoms with E-state index >= 15 is 0 Å². The Bertz CT molecular complexity index is 608. The molecule has 2 aromatic rings. The molecule has 3 rings (SSSR count). The van der Waals surface area contributed by atoms with Crippen molar-refractivity contribution in [1.82, 2.24) is 9.78 Å².